The van der Waals surface area contributed by atoms with Gasteiger partial charge in [0.1, 0.15) is 13.3 Å². The van der Waals surface area contributed by atoms with Crippen molar-refractivity contribution in [1.29, 1.82) is 0 Å². The lowest BCUT2D eigenvalue weighted by Crippen LogP contribution is -2.07. The normalized spacial score (nSPS) is 11.0. The van der Waals surface area contributed by atoms with Crippen LogP contribution in [0.1, 0.15) is 22.4 Å². The molecule has 10 heteroatoms. The van der Waals surface area contributed by atoms with Crippen molar-refractivity contribution < 1.29 is 32.2 Å². The molecule has 0 aliphatic rings. The molecule has 0 spiro atoms. The van der Waals surface area contributed by atoms with Crippen molar-refractivity contribution >= 4 is 29.1 Å². The number of benzene rings is 2. The molecule has 3 aromatic rings. The third-order valence-electron chi connectivity index (χ3n) is 4.27. The molecule has 30 heavy (non-hydrogen) atoms. The third-order valence-corrected chi connectivity index (χ3v) is 5.37. The highest BCUT2D eigenvalue weighted by atomic mass is 35.5. The van der Waals surface area contributed by atoms with Crippen molar-refractivity contribution in [3.05, 3.63) is 68.8 Å². The molecular formula is C20H14ClF4NO3S. The summed E-state index contributed by atoms with van der Waals surface area (Å²) in [6.07, 6.45) is -0.864. The predicted molar refractivity (Wildman–Crippen MR) is 104 cm³/mol. The van der Waals surface area contributed by atoms with Crippen molar-refractivity contribution in [3.8, 4) is 17.0 Å². The maximum absolute atomic E-state index is 14.3. The minimum atomic E-state index is -1.58. The summed E-state index contributed by atoms with van der Waals surface area (Å²) in [6.45, 7) is -1.31. The number of carboxylic acid groups (broad SMARTS) is 1. The van der Waals surface area contributed by atoms with Gasteiger partial charge in [-0.15, -0.1) is 0 Å². The Bertz CT molecular complexity index is 1070. The maximum atomic E-state index is 14.3. The molecule has 0 aliphatic heterocycles. The first kappa shape index (κ1) is 22.0. The number of halogens is 5. The molecule has 0 atom stereocenters. The Morgan fingerprint density at radius 2 is 1.87 bits per heavy atom. The second kappa shape index (κ2) is 9.44. The molecule has 0 saturated carbocycles. The van der Waals surface area contributed by atoms with Gasteiger partial charge in [-0.1, -0.05) is 23.7 Å². The predicted octanol–water partition coefficient (Wildman–Crippen LogP) is 5.95. The second-order valence-corrected chi connectivity index (χ2v) is 7.52. The molecule has 1 N–H and O–H groups in total. The number of aryl methyl sites for hydroxylation is 1. The molecular weight excluding hydrogens is 446 g/mol. The maximum Gasteiger partial charge on any atom is 0.303 e. The van der Waals surface area contributed by atoms with Gasteiger partial charge in [0.2, 0.25) is 5.82 Å². The molecule has 4 nitrogen and oxygen atoms in total. The van der Waals surface area contributed by atoms with E-state index in [1.54, 1.807) is 24.3 Å². The first-order valence-electron chi connectivity index (χ1n) is 8.62. The van der Waals surface area contributed by atoms with E-state index in [-0.39, 0.29) is 16.9 Å². The fourth-order valence-electron chi connectivity index (χ4n) is 2.76. The van der Waals surface area contributed by atoms with Crippen LogP contribution in [0.15, 0.2) is 30.3 Å². The molecule has 0 saturated heterocycles. The van der Waals surface area contributed by atoms with E-state index in [9.17, 15) is 22.4 Å². The number of aromatic nitrogens is 1. The zero-order valence-corrected chi connectivity index (χ0v) is 16.8. The highest BCUT2D eigenvalue weighted by Crippen LogP contribution is 2.33. The summed E-state index contributed by atoms with van der Waals surface area (Å²) < 4.78 is 65.6. The molecule has 158 valence electrons. The van der Waals surface area contributed by atoms with Crippen LogP contribution in [0.3, 0.4) is 0 Å². The Balaban J connectivity index is 1.88. The summed E-state index contributed by atoms with van der Waals surface area (Å²) in [6, 6.07) is 7.22. The Hall–Kier alpha value is -2.65. The number of alkyl halides is 1. The minimum Gasteiger partial charge on any atom is -0.483 e. The Kier molecular flexibility index (Phi) is 6.94. The fraction of sp³-hybridized carbons (Fsp3) is 0.200. The van der Waals surface area contributed by atoms with E-state index in [0.717, 1.165) is 11.5 Å². The second-order valence-electron chi connectivity index (χ2n) is 6.23. The Labute approximate surface area is 177 Å². The number of aliphatic carboxylic acids is 1. The summed E-state index contributed by atoms with van der Waals surface area (Å²) in [7, 11) is 0. The lowest BCUT2D eigenvalue weighted by atomic mass is 10.1. The van der Waals surface area contributed by atoms with Crippen molar-refractivity contribution in [2.45, 2.75) is 26.1 Å². The van der Waals surface area contributed by atoms with Gasteiger partial charge in [-0.2, -0.15) is 8.76 Å². The van der Waals surface area contributed by atoms with E-state index in [4.69, 9.17) is 21.4 Å². The van der Waals surface area contributed by atoms with Gasteiger partial charge in [0.25, 0.3) is 0 Å². The molecule has 0 unspecified atom stereocenters. The topological polar surface area (TPSA) is 59.4 Å². The van der Waals surface area contributed by atoms with Crippen LogP contribution in [-0.2, 0) is 24.5 Å². The summed E-state index contributed by atoms with van der Waals surface area (Å²) >= 11 is 6.74. The van der Waals surface area contributed by atoms with E-state index in [2.05, 4.69) is 4.37 Å². The van der Waals surface area contributed by atoms with E-state index in [1.165, 1.54) is 0 Å². The third kappa shape index (κ3) is 4.73. The average molecular weight is 460 g/mol. The number of ether oxygens (including phenoxy) is 1. The number of hydrogen-bond acceptors (Lipinski definition) is 4. The molecule has 0 aliphatic carbocycles. The Morgan fingerprint density at radius 3 is 2.50 bits per heavy atom. The summed E-state index contributed by atoms with van der Waals surface area (Å²) in [5.74, 6) is -6.35. The van der Waals surface area contributed by atoms with Crippen LogP contribution in [0.4, 0.5) is 17.6 Å². The van der Waals surface area contributed by atoms with Crippen LogP contribution in [0.2, 0.25) is 5.02 Å². The number of carboxylic acids is 1. The van der Waals surface area contributed by atoms with Gasteiger partial charge < -0.3 is 9.84 Å². The first-order chi connectivity index (χ1) is 14.3. The van der Waals surface area contributed by atoms with Crippen LogP contribution in [0, 0.1) is 17.5 Å². The van der Waals surface area contributed by atoms with Crippen molar-refractivity contribution in [3.63, 3.8) is 0 Å². The van der Waals surface area contributed by atoms with Gasteiger partial charge in [0, 0.05) is 22.6 Å². The van der Waals surface area contributed by atoms with Crippen LogP contribution in [0.25, 0.3) is 11.3 Å². The molecule has 1 aromatic heterocycles. The summed E-state index contributed by atoms with van der Waals surface area (Å²) in [5, 5.41) is 9.14. The zero-order valence-electron chi connectivity index (χ0n) is 15.2. The molecule has 2 aromatic carbocycles. The molecule has 0 fully saturated rings. The lowest BCUT2D eigenvalue weighted by Gasteiger charge is -2.12. The van der Waals surface area contributed by atoms with Gasteiger partial charge in [-0.3, -0.25) is 4.79 Å². The number of rotatable bonds is 8. The van der Waals surface area contributed by atoms with E-state index in [1.807, 2.05) is 0 Å². The van der Waals surface area contributed by atoms with Gasteiger partial charge in [0.15, 0.2) is 17.4 Å². The number of hydrogen-bond donors (Lipinski definition) is 1. The smallest absolute Gasteiger partial charge is 0.303 e. The van der Waals surface area contributed by atoms with Crippen LogP contribution in [0.5, 0.6) is 5.75 Å². The summed E-state index contributed by atoms with van der Waals surface area (Å²) in [5.41, 5.74) is 0.830. The number of nitrogens with zero attached hydrogens (tertiary/aromatic N) is 1. The largest absolute Gasteiger partial charge is 0.483 e. The van der Waals surface area contributed by atoms with Crippen molar-refractivity contribution in [2.75, 3.05) is 0 Å². The first-order valence-corrected chi connectivity index (χ1v) is 9.77. The Morgan fingerprint density at radius 1 is 1.17 bits per heavy atom. The quantitative estimate of drug-likeness (QED) is 0.334. The van der Waals surface area contributed by atoms with Gasteiger partial charge in [-0.05, 0) is 41.7 Å². The van der Waals surface area contributed by atoms with Crippen molar-refractivity contribution in [2.24, 2.45) is 0 Å². The average Bonchev–Trinajstić information content (AvgIpc) is 3.13. The van der Waals surface area contributed by atoms with E-state index < -0.39 is 54.4 Å². The standard InChI is InChI=1S/C20H14ClF4NO3S/c21-12-4-1-10(2-5-12)19-13(15(8-22)30-26-19)9-29-20-14(23)7-11(3-6-16(27)28)17(24)18(20)25/h1-2,4-5,7H,3,6,8-9H2,(H,27,28). The zero-order chi connectivity index (χ0) is 21.8. The summed E-state index contributed by atoms with van der Waals surface area (Å²) in [4.78, 5) is 10.8. The SMILES string of the molecule is O=C(O)CCc1cc(F)c(OCc2c(-c3ccc(Cl)cc3)nsc2CF)c(F)c1F. The van der Waals surface area contributed by atoms with Crippen LogP contribution < -0.4 is 4.74 Å². The molecule has 0 radical (unpaired) electrons. The van der Waals surface area contributed by atoms with Gasteiger partial charge >= 0.3 is 5.97 Å². The monoisotopic (exact) mass is 459 g/mol. The molecule has 0 amide bonds. The molecule has 0 bridgehead atoms. The van der Waals surface area contributed by atoms with E-state index >= 15 is 0 Å². The van der Waals surface area contributed by atoms with Crippen LogP contribution in [-0.4, -0.2) is 15.4 Å². The lowest BCUT2D eigenvalue weighted by molar-refractivity contribution is -0.136. The highest BCUT2D eigenvalue weighted by molar-refractivity contribution is 7.06. The molecule has 3 rings (SSSR count). The van der Waals surface area contributed by atoms with Gasteiger partial charge in [0.05, 0.1) is 10.6 Å². The van der Waals surface area contributed by atoms with Crippen molar-refractivity contribution in [1.82, 2.24) is 4.37 Å². The minimum absolute atomic E-state index is 0.208. The fourth-order valence-corrected chi connectivity index (χ4v) is 3.62. The molecule has 1 heterocycles. The van der Waals surface area contributed by atoms with E-state index in [0.29, 0.717) is 22.3 Å². The highest BCUT2D eigenvalue weighted by Gasteiger charge is 2.23. The van der Waals surface area contributed by atoms with Gasteiger partial charge in [-0.25, -0.2) is 13.2 Å². The number of carbonyl (C=O) groups is 1. The van der Waals surface area contributed by atoms with Crippen LogP contribution >= 0.6 is 23.1 Å².